The Bertz CT molecular complexity index is 424. The Hall–Kier alpha value is -2.02. The van der Waals surface area contributed by atoms with Crippen LogP contribution in [-0.4, -0.2) is 19.1 Å². The third-order valence-corrected chi connectivity index (χ3v) is 1.88. The van der Waals surface area contributed by atoms with Crippen molar-refractivity contribution in [3.8, 4) is 18.1 Å². The van der Waals surface area contributed by atoms with E-state index in [2.05, 4.69) is 11.2 Å². The molecule has 0 saturated heterocycles. The van der Waals surface area contributed by atoms with Crippen LogP contribution in [-0.2, 0) is 4.79 Å². The molecule has 1 N–H and O–H groups in total. The summed E-state index contributed by atoms with van der Waals surface area (Å²) in [5.74, 6) is 2.13. The summed E-state index contributed by atoms with van der Waals surface area (Å²) in [4.78, 5) is 11.1. The first-order valence-electron chi connectivity index (χ1n) is 4.72. The van der Waals surface area contributed by atoms with Gasteiger partial charge in [0.05, 0.1) is 6.54 Å². The number of carbonyl (C=O) groups is 1. The van der Waals surface area contributed by atoms with E-state index in [9.17, 15) is 9.18 Å². The quantitative estimate of drug-likeness (QED) is 0.777. The molecule has 1 amide bonds. The van der Waals surface area contributed by atoms with Gasteiger partial charge in [0.15, 0.2) is 6.61 Å². The predicted molar refractivity (Wildman–Crippen MR) is 58.5 cm³/mol. The number of nitrogens with one attached hydrogen (secondary N) is 1. The maximum absolute atomic E-state index is 12.8. The average Bonchev–Trinajstić information content (AvgIpc) is 2.25. The molecule has 0 heterocycles. The number of halogens is 1. The second-order valence-corrected chi connectivity index (χ2v) is 3.18. The summed E-state index contributed by atoms with van der Waals surface area (Å²) >= 11 is 0. The van der Waals surface area contributed by atoms with E-state index in [0.717, 1.165) is 0 Å². The summed E-state index contributed by atoms with van der Waals surface area (Å²) in [5.41, 5.74) is 0.643. The van der Waals surface area contributed by atoms with E-state index in [4.69, 9.17) is 11.2 Å². The fourth-order valence-electron chi connectivity index (χ4n) is 1.12. The van der Waals surface area contributed by atoms with Crippen LogP contribution < -0.4 is 10.1 Å². The van der Waals surface area contributed by atoms with Gasteiger partial charge in [0, 0.05) is 0 Å². The van der Waals surface area contributed by atoms with E-state index in [1.54, 1.807) is 6.92 Å². The predicted octanol–water partition coefficient (Wildman–Crippen LogP) is 1.26. The number of hydrogen-bond acceptors (Lipinski definition) is 2. The van der Waals surface area contributed by atoms with Crippen molar-refractivity contribution in [2.24, 2.45) is 0 Å². The normalized spacial score (nSPS) is 9.31. The second kappa shape index (κ2) is 5.76. The van der Waals surface area contributed by atoms with Crippen LogP contribution in [0, 0.1) is 25.1 Å². The van der Waals surface area contributed by atoms with Crippen molar-refractivity contribution in [2.45, 2.75) is 6.92 Å². The third kappa shape index (κ3) is 3.62. The maximum atomic E-state index is 12.8. The van der Waals surface area contributed by atoms with Crippen LogP contribution in [0.1, 0.15) is 5.56 Å². The minimum Gasteiger partial charge on any atom is -0.484 e. The summed E-state index contributed by atoms with van der Waals surface area (Å²) in [6.07, 6.45) is 4.98. The zero-order chi connectivity index (χ0) is 12.0. The lowest BCUT2D eigenvalue weighted by Crippen LogP contribution is -2.29. The summed E-state index contributed by atoms with van der Waals surface area (Å²) in [5, 5.41) is 2.46. The Morgan fingerprint density at radius 3 is 3.00 bits per heavy atom. The zero-order valence-corrected chi connectivity index (χ0v) is 8.92. The van der Waals surface area contributed by atoms with Crippen molar-refractivity contribution >= 4 is 5.91 Å². The smallest absolute Gasteiger partial charge is 0.258 e. The fourth-order valence-corrected chi connectivity index (χ4v) is 1.12. The Balaban J connectivity index is 2.49. The van der Waals surface area contributed by atoms with Crippen LogP contribution >= 0.6 is 0 Å². The molecule has 1 aromatic carbocycles. The molecule has 3 nitrogen and oxygen atoms in total. The largest absolute Gasteiger partial charge is 0.484 e. The summed E-state index contributed by atoms with van der Waals surface area (Å²) < 4.78 is 18.0. The first kappa shape index (κ1) is 12.1. The maximum Gasteiger partial charge on any atom is 0.258 e. The molecule has 0 saturated carbocycles. The topological polar surface area (TPSA) is 38.3 Å². The number of terminal acetylenes is 1. The number of benzene rings is 1. The Morgan fingerprint density at radius 2 is 2.38 bits per heavy atom. The Kier molecular flexibility index (Phi) is 4.34. The van der Waals surface area contributed by atoms with E-state index in [1.807, 2.05) is 0 Å². The van der Waals surface area contributed by atoms with Gasteiger partial charge in [-0.15, -0.1) is 6.42 Å². The molecule has 4 heteroatoms. The molecular formula is C12H12FNO2. The molecule has 0 fully saturated rings. The van der Waals surface area contributed by atoms with Crippen molar-refractivity contribution in [1.29, 1.82) is 0 Å². The molecule has 0 aliphatic rings. The lowest BCUT2D eigenvalue weighted by molar-refractivity contribution is -0.122. The van der Waals surface area contributed by atoms with E-state index < -0.39 is 0 Å². The molecule has 0 aromatic heterocycles. The first-order valence-corrected chi connectivity index (χ1v) is 4.72. The van der Waals surface area contributed by atoms with Crippen molar-refractivity contribution in [1.82, 2.24) is 5.32 Å². The fraction of sp³-hybridized carbons (Fsp3) is 0.250. The van der Waals surface area contributed by atoms with Crippen molar-refractivity contribution in [3.63, 3.8) is 0 Å². The van der Waals surface area contributed by atoms with E-state index >= 15 is 0 Å². The van der Waals surface area contributed by atoms with E-state index in [0.29, 0.717) is 11.3 Å². The van der Waals surface area contributed by atoms with Crippen LogP contribution in [0.15, 0.2) is 18.2 Å². The average molecular weight is 221 g/mol. The molecule has 0 radical (unpaired) electrons. The van der Waals surface area contributed by atoms with Crippen molar-refractivity contribution in [3.05, 3.63) is 29.6 Å². The molecule has 1 aromatic rings. The summed E-state index contributed by atoms with van der Waals surface area (Å²) in [6.45, 7) is 1.75. The molecule has 0 atom stereocenters. The number of ether oxygens (including phenoxy) is 1. The Labute approximate surface area is 93.6 Å². The summed E-state index contributed by atoms with van der Waals surface area (Å²) in [7, 11) is 0. The monoisotopic (exact) mass is 221 g/mol. The second-order valence-electron chi connectivity index (χ2n) is 3.18. The lowest BCUT2D eigenvalue weighted by Gasteiger charge is -2.08. The molecule has 0 spiro atoms. The number of rotatable bonds is 4. The number of hydrogen-bond donors (Lipinski definition) is 1. The van der Waals surface area contributed by atoms with Crippen LogP contribution in [0.4, 0.5) is 4.39 Å². The minimum atomic E-state index is -0.332. The van der Waals surface area contributed by atoms with Gasteiger partial charge in [-0.25, -0.2) is 4.39 Å². The highest BCUT2D eigenvalue weighted by molar-refractivity contribution is 5.77. The highest BCUT2D eigenvalue weighted by atomic mass is 19.1. The molecule has 0 unspecified atom stereocenters. The number of carbonyl (C=O) groups excluding carboxylic acids is 1. The van der Waals surface area contributed by atoms with Gasteiger partial charge in [-0.05, 0) is 30.7 Å². The van der Waals surface area contributed by atoms with Crippen LogP contribution in [0.25, 0.3) is 0 Å². The van der Waals surface area contributed by atoms with Gasteiger partial charge in [-0.3, -0.25) is 4.79 Å². The molecule has 84 valence electrons. The van der Waals surface area contributed by atoms with Gasteiger partial charge in [-0.2, -0.15) is 0 Å². The molecule has 0 aliphatic heterocycles. The van der Waals surface area contributed by atoms with Gasteiger partial charge in [0.2, 0.25) is 0 Å². The van der Waals surface area contributed by atoms with E-state index in [1.165, 1.54) is 18.2 Å². The van der Waals surface area contributed by atoms with Crippen LogP contribution in [0.5, 0.6) is 5.75 Å². The number of aryl methyl sites for hydroxylation is 1. The van der Waals surface area contributed by atoms with Gasteiger partial charge in [0.1, 0.15) is 11.6 Å². The van der Waals surface area contributed by atoms with Crippen LogP contribution in [0.2, 0.25) is 0 Å². The van der Waals surface area contributed by atoms with Crippen LogP contribution in [0.3, 0.4) is 0 Å². The first-order chi connectivity index (χ1) is 7.63. The van der Waals surface area contributed by atoms with Gasteiger partial charge >= 0.3 is 0 Å². The standard InChI is InChI=1S/C12H12FNO2/c1-3-6-14-12(15)8-16-11-5-4-10(13)7-9(11)2/h1,4-5,7H,6,8H2,2H3,(H,14,15). The molecule has 0 aliphatic carbocycles. The molecular weight excluding hydrogens is 209 g/mol. The highest BCUT2D eigenvalue weighted by Crippen LogP contribution is 2.17. The van der Waals surface area contributed by atoms with E-state index in [-0.39, 0.29) is 24.9 Å². The molecule has 0 bridgehead atoms. The summed E-state index contributed by atoms with van der Waals surface area (Å²) in [6, 6.07) is 4.11. The SMILES string of the molecule is C#CCNC(=O)COc1ccc(F)cc1C. The minimum absolute atomic E-state index is 0.131. The lowest BCUT2D eigenvalue weighted by atomic mass is 10.2. The highest BCUT2D eigenvalue weighted by Gasteiger charge is 2.04. The molecule has 16 heavy (non-hydrogen) atoms. The van der Waals surface area contributed by atoms with Gasteiger partial charge in [-0.1, -0.05) is 5.92 Å². The van der Waals surface area contributed by atoms with Crippen molar-refractivity contribution in [2.75, 3.05) is 13.2 Å². The van der Waals surface area contributed by atoms with Gasteiger partial charge in [0.25, 0.3) is 5.91 Å². The van der Waals surface area contributed by atoms with Crippen molar-refractivity contribution < 1.29 is 13.9 Å². The number of amides is 1. The Morgan fingerprint density at radius 1 is 1.62 bits per heavy atom. The van der Waals surface area contributed by atoms with Gasteiger partial charge < -0.3 is 10.1 Å². The third-order valence-electron chi connectivity index (χ3n) is 1.88. The molecule has 1 rings (SSSR count). The zero-order valence-electron chi connectivity index (χ0n) is 8.92.